The summed E-state index contributed by atoms with van der Waals surface area (Å²) >= 11 is 0. The molecule has 0 radical (unpaired) electrons. The predicted molar refractivity (Wildman–Crippen MR) is 76.5 cm³/mol. The molecule has 0 aromatic heterocycles. The minimum absolute atomic E-state index is 0.0417. The van der Waals surface area contributed by atoms with Crippen molar-refractivity contribution in [1.82, 2.24) is 4.90 Å². The van der Waals surface area contributed by atoms with Gasteiger partial charge >= 0.3 is 5.97 Å². The zero-order chi connectivity index (χ0) is 15.0. The number of methoxy groups -OCH3 is 1. The van der Waals surface area contributed by atoms with E-state index >= 15 is 0 Å². The molecule has 5 nitrogen and oxygen atoms in total. The fourth-order valence-corrected chi connectivity index (χ4v) is 4.34. The highest BCUT2D eigenvalue weighted by Crippen LogP contribution is 2.49. The second kappa shape index (κ2) is 5.79. The molecule has 5 atom stereocenters. The second-order valence-electron chi connectivity index (χ2n) is 6.59. The Morgan fingerprint density at radius 3 is 2.67 bits per heavy atom. The highest BCUT2D eigenvalue weighted by molar-refractivity contribution is 5.87. The van der Waals surface area contributed by atoms with Gasteiger partial charge in [0.2, 0.25) is 5.91 Å². The van der Waals surface area contributed by atoms with Crippen LogP contribution < -0.4 is 0 Å². The van der Waals surface area contributed by atoms with Gasteiger partial charge in [-0.15, -0.1) is 0 Å². The number of hydrogen-bond acceptors (Lipinski definition) is 3. The molecule has 0 aromatic carbocycles. The Morgan fingerprint density at radius 1 is 1.29 bits per heavy atom. The van der Waals surface area contributed by atoms with E-state index in [0.717, 1.165) is 25.8 Å². The van der Waals surface area contributed by atoms with Crippen LogP contribution in [0.3, 0.4) is 0 Å². The largest absolute Gasteiger partial charge is 0.481 e. The van der Waals surface area contributed by atoms with Crippen LogP contribution in [0.4, 0.5) is 0 Å². The van der Waals surface area contributed by atoms with Crippen LogP contribution in [0.1, 0.15) is 19.3 Å². The van der Waals surface area contributed by atoms with Crippen molar-refractivity contribution in [1.29, 1.82) is 0 Å². The standard InChI is InChI=1S/C16H23NO4/c1-21-9-10-3-2-6-17(8-10)15(18)13-11-4-5-12(7-11)14(13)16(19)20/h4-5,10-14H,2-3,6-9H2,1H3,(H,19,20). The van der Waals surface area contributed by atoms with Gasteiger partial charge in [-0.25, -0.2) is 0 Å². The van der Waals surface area contributed by atoms with Crippen LogP contribution in [-0.4, -0.2) is 48.7 Å². The molecule has 116 valence electrons. The lowest BCUT2D eigenvalue weighted by Gasteiger charge is -2.36. The molecule has 1 N–H and O–H groups in total. The molecule has 1 aliphatic heterocycles. The number of ether oxygens (including phenoxy) is 1. The van der Waals surface area contributed by atoms with Crippen molar-refractivity contribution < 1.29 is 19.4 Å². The van der Waals surface area contributed by atoms with Crippen molar-refractivity contribution in [3.63, 3.8) is 0 Å². The first kappa shape index (κ1) is 14.6. The molecule has 2 aliphatic carbocycles. The van der Waals surface area contributed by atoms with Gasteiger partial charge in [-0.1, -0.05) is 12.2 Å². The lowest BCUT2D eigenvalue weighted by Crippen LogP contribution is -2.47. The molecule has 1 saturated heterocycles. The fraction of sp³-hybridized carbons (Fsp3) is 0.750. The van der Waals surface area contributed by atoms with E-state index in [1.807, 2.05) is 17.1 Å². The third kappa shape index (κ3) is 2.59. The molecule has 5 unspecified atom stereocenters. The molecule has 21 heavy (non-hydrogen) atoms. The molecule has 5 heteroatoms. The smallest absolute Gasteiger partial charge is 0.307 e. The normalized spacial score (nSPS) is 38.0. The summed E-state index contributed by atoms with van der Waals surface area (Å²) in [6, 6.07) is 0. The van der Waals surface area contributed by atoms with Crippen molar-refractivity contribution in [3.8, 4) is 0 Å². The number of amides is 1. The monoisotopic (exact) mass is 293 g/mol. The van der Waals surface area contributed by atoms with Crippen molar-refractivity contribution in [3.05, 3.63) is 12.2 Å². The van der Waals surface area contributed by atoms with Crippen molar-refractivity contribution in [2.24, 2.45) is 29.6 Å². The van der Waals surface area contributed by atoms with Gasteiger partial charge in [0.15, 0.2) is 0 Å². The summed E-state index contributed by atoms with van der Waals surface area (Å²) in [6.45, 7) is 2.13. The van der Waals surface area contributed by atoms with Crippen molar-refractivity contribution >= 4 is 11.9 Å². The Hall–Kier alpha value is -1.36. The van der Waals surface area contributed by atoms with Crippen LogP contribution in [0.25, 0.3) is 0 Å². The molecule has 0 spiro atoms. The number of carbonyl (C=O) groups excluding carboxylic acids is 1. The lowest BCUT2D eigenvalue weighted by atomic mass is 9.81. The predicted octanol–water partition coefficient (Wildman–Crippen LogP) is 1.39. The number of carbonyl (C=O) groups is 2. The first-order valence-electron chi connectivity index (χ1n) is 7.80. The van der Waals surface area contributed by atoms with Gasteiger partial charge in [-0.3, -0.25) is 9.59 Å². The number of likely N-dealkylation sites (tertiary alicyclic amines) is 1. The lowest BCUT2D eigenvalue weighted by molar-refractivity contribution is -0.152. The molecular formula is C16H23NO4. The number of aliphatic carboxylic acids is 1. The molecule has 0 aromatic rings. The number of piperidine rings is 1. The Kier molecular flexibility index (Phi) is 4.02. The van der Waals surface area contributed by atoms with Gasteiger partial charge in [0, 0.05) is 20.2 Å². The van der Waals surface area contributed by atoms with Crippen LogP contribution in [-0.2, 0) is 14.3 Å². The van der Waals surface area contributed by atoms with Gasteiger partial charge < -0.3 is 14.7 Å². The summed E-state index contributed by atoms with van der Waals surface area (Å²) in [6.07, 6.45) is 6.91. The van der Waals surface area contributed by atoms with Gasteiger partial charge in [0.05, 0.1) is 18.4 Å². The summed E-state index contributed by atoms with van der Waals surface area (Å²) in [5.41, 5.74) is 0. The van der Waals surface area contributed by atoms with E-state index in [9.17, 15) is 14.7 Å². The fourth-order valence-electron chi connectivity index (χ4n) is 4.34. The Balaban J connectivity index is 1.72. The number of allylic oxidation sites excluding steroid dienone is 2. The maximum absolute atomic E-state index is 12.8. The highest BCUT2D eigenvalue weighted by atomic mass is 16.5. The molecule has 1 amide bonds. The van der Waals surface area contributed by atoms with Crippen LogP contribution in [0.5, 0.6) is 0 Å². The van der Waals surface area contributed by atoms with Gasteiger partial charge in [-0.05, 0) is 37.0 Å². The van der Waals surface area contributed by atoms with Crippen LogP contribution >= 0.6 is 0 Å². The summed E-state index contributed by atoms with van der Waals surface area (Å²) in [7, 11) is 1.68. The second-order valence-corrected chi connectivity index (χ2v) is 6.59. The topological polar surface area (TPSA) is 66.8 Å². The van der Waals surface area contributed by atoms with Gasteiger partial charge in [-0.2, -0.15) is 0 Å². The molecule has 3 aliphatic rings. The molecule has 2 fully saturated rings. The van der Waals surface area contributed by atoms with E-state index in [1.54, 1.807) is 7.11 Å². The number of hydrogen-bond donors (Lipinski definition) is 1. The minimum atomic E-state index is -0.823. The van der Waals surface area contributed by atoms with Crippen LogP contribution in [0.15, 0.2) is 12.2 Å². The van der Waals surface area contributed by atoms with Gasteiger partial charge in [0.25, 0.3) is 0 Å². The molecule has 2 bridgehead atoms. The van der Waals surface area contributed by atoms with Gasteiger partial charge in [0.1, 0.15) is 0 Å². The van der Waals surface area contributed by atoms with Crippen molar-refractivity contribution in [2.75, 3.05) is 26.8 Å². The van der Waals surface area contributed by atoms with Crippen LogP contribution in [0, 0.1) is 29.6 Å². The summed E-state index contributed by atoms with van der Waals surface area (Å²) in [4.78, 5) is 26.3. The molecular weight excluding hydrogens is 270 g/mol. The van der Waals surface area contributed by atoms with E-state index in [-0.39, 0.29) is 23.7 Å². The van der Waals surface area contributed by atoms with E-state index in [2.05, 4.69) is 0 Å². The maximum Gasteiger partial charge on any atom is 0.307 e. The number of nitrogens with zero attached hydrogens (tertiary/aromatic N) is 1. The van der Waals surface area contributed by atoms with Crippen molar-refractivity contribution in [2.45, 2.75) is 19.3 Å². The average Bonchev–Trinajstić information content (AvgIpc) is 3.07. The van der Waals surface area contributed by atoms with E-state index in [1.165, 1.54) is 0 Å². The number of fused-ring (bicyclic) bond motifs is 2. The van der Waals surface area contributed by atoms with E-state index in [0.29, 0.717) is 19.1 Å². The summed E-state index contributed by atoms with van der Waals surface area (Å²) < 4.78 is 5.20. The summed E-state index contributed by atoms with van der Waals surface area (Å²) in [5, 5.41) is 9.46. The average molecular weight is 293 g/mol. The Morgan fingerprint density at radius 2 is 2.00 bits per heavy atom. The first-order valence-corrected chi connectivity index (χ1v) is 7.80. The SMILES string of the molecule is COCC1CCCN(C(=O)C2C3C=CC(C3)C2C(=O)O)C1. The third-order valence-corrected chi connectivity index (χ3v) is 5.26. The zero-order valence-electron chi connectivity index (χ0n) is 12.4. The number of rotatable bonds is 4. The van der Waals surface area contributed by atoms with Crippen LogP contribution in [0.2, 0.25) is 0 Å². The van der Waals surface area contributed by atoms with E-state index in [4.69, 9.17) is 4.74 Å². The minimum Gasteiger partial charge on any atom is -0.481 e. The van der Waals surface area contributed by atoms with E-state index < -0.39 is 11.9 Å². The Bertz CT molecular complexity index is 459. The molecule has 1 heterocycles. The quantitative estimate of drug-likeness (QED) is 0.796. The first-order chi connectivity index (χ1) is 10.1. The Labute approximate surface area is 124 Å². The summed E-state index contributed by atoms with van der Waals surface area (Å²) in [5.74, 6) is -1.14. The molecule has 3 rings (SSSR count). The zero-order valence-corrected chi connectivity index (χ0v) is 12.4. The highest BCUT2D eigenvalue weighted by Gasteiger charge is 2.52. The molecule has 1 saturated carbocycles. The third-order valence-electron chi connectivity index (χ3n) is 5.26. The maximum atomic E-state index is 12.8. The number of carboxylic acids is 1. The number of carboxylic acid groups (broad SMARTS) is 1.